The van der Waals surface area contributed by atoms with Gasteiger partial charge in [-0.1, -0.05) is 36.4 Å². The first-order valence-corrected chi connectivity index (χ1v) is 9.07. The fraction of sp³-hybridized carbons (Fsp3) is 0.182. The number of hydrogen-bond donors (Lipinski definition) is 2. The Morgan fingerprint density at radius 1 is 0.963 bits per heavy atom. The highest BCUT2D eigenvalue weighted by Crippen LogP contribution is 2.26. The molecule has 0 radical (unpaired) electrons. The van der Waals surface area contributed by atoms with Gasteiger partial charge in [-0.15, -0.1) is 0 Å². The van der Waals surface area contributed by atoms with Crippen LogP contribution >= 0.6 is 0 Å². The summed E-state index contributed by atoms with van der Waals surface area (Å²) in [5, 5.41) is 11.2. The molecule has 0 unspecified atom stereocenters. The fourth-order valence-corrected chi connectivity index (χ4v) is 3.23. The highest BCUT2D eigenvalue weighted by Gasteiger charge is 2.12. The van der Waals surface area contributed by atoms with E-state index in [0.29, 0.717) is 6.54 Å². The largest absolute Gasteiger partial charge is 0.388 e. The lowest BCUT2D eigenvalue weighted by Crippen LogP contribution is -2.07. The average Bonchev–Trinajstić information content (AvgIpc) is 3.07. The predicted octanol–water partition coefficient (Wildman–Crippen LogP) is 4.67. The zero-order chi connectivity index (χ0) is 18.8. The normalized spacial score (nSPS) is 10.9. The van der Waals surface area contributed by atoms with E-state index in [1.54, 1.807) is 0 Å². The van der Waals surface area contributed by atoms with Gasteiger partial charge in [0.15, 0.2) is 5.65 Å². The molecular weight excluding hydrogens is 334 g/mol. The van der Waals surface area contributed by atoms with Gasteiger partial charge >= 0.3 is 0 Å². The van der Waals surface area contributed by atoms with Crippen LogP contribution < -0.4 is 10.6 Å². The quantitative estimate of drug-likeness (QED) is 0.545. The molecule has 0 aliphatic carbocycles. The van der Waals surface area contributed by atoms with E-state index >= 15 is 0 Å². The van der Waals surface area contributed by atoms with Crippen LogP contribution in [-0.4, -0.2) is 21.6 Å². The summed E-state index contributed by atoms with van der Waals surface area (Å²) in [6, 6.07) is 18.8. The molecule has 4 rings (SSSR count). The molecule has 5 nitrogen and oxygen atoms in total. The lowest BCUT2D eigenvalue weighted by Gasteiger charge is -2.13. The Labute approximate surface area is 159 Å². The van der Waals surface area contributed by atoms with Gasteiger partial charge in [0.2, 0.25) is 0 Å². The van der Waals surface area contributed by atoms with Gasteiger partial charge in [-0.3, -0.25) is 0 Å². The van der Waals surface area contributed by atoms with E-state index in [1.807, 2.05) is 30.8 Å². The smallest absolute Gasteiger partial charge is 0.160 e. The third-order valence-electron chi connectivity index (χ3n) is 4.76. The maximum Gasteiger partial charge on any atom is 0.160 e. The number of fused-ring (bicyclic) bond motifs is 1. The molecule has 0 fully saturated rings. The third-order valence-corrected chi connectivity index (χ3v) is 4.76. The van der Waals surface area contributed by atoms with Gasteiger partial charge in [0.25, 0.3) is 0 Å². The van der Waals surface area contributed by atoms with Gasteiger partial charge in [-0.05, 0) is 37.1 Å². The van der Waals surface area contributed by atoms with Crippen LogP contribution in [0.4, 0.5) is 11.5 Å². The predicted molar refractivity (Wildman–Crippen MR) is 111 cm³/mol. The highest BCUT2D eigenvalue weighted by molar-refractivity contribution is 5.70. The van der Waals surface area contributed by atoms with Crippen molar-refractivity contribution in [2.45, 2.75) is 20.4 Å². The van der Waals surface area contributed by atoms with E-state index in [9.17, 15) is 0 Å². The summed E-state index contributed by atoms with van der Waals surface area (Å²) in [6.45, 7) is 4.86. The molecule has 0 saturated heterocycles. The molecular formula is C22H23N5. The van der Waals surface area contributed by atoms with E-state index in [2.05, 4.69) is 71.2 Å². The molecule has 4 aromatic rings. The highest BCUT2D eigenvalue weighted by atomic mass is 15.3. The maximum absolute atomic E-state index is 4.86. The van der Waals surface area contributed by atoms with Crippen LogP contribution in [0.25, 0.3) is 16.9 Å². The second-order valence-corrected chi connectivity index (χ2v) is 6.71. The molecule has 27 heavy (non-hydrogen) atoms. The Morgan fingerprint density at radius 3 is 2.63 bits per heavy atom. The van der Waals surface area contributed by atoms with Gasteiger partial charge in [0, 0.05) is 36.5 Å². The topological polar surface area (TPSA) is 54.2 Å². The summed E-state index contributed by atoms with van der Waals surface area (Å²) in [5.41, 5.74) is 7.54. The van der Waals surface area contributed by atoms with Crippen molar-refractivity contribution in [1.29, 1.82) is 0 Å². The van der Waals surface area contributed by atoms with Gasteiger partial charge in [-0.25, -0.2) is 4.98 Å². The summed E-state index contributed by atoms with van der Waals surface area (Å²) < 4.78 is 1.87. The van der Waals surface area contributed by atoms with Gasteiger partial charge in [0.05, 0.1) is 11.9 Å². The third kappa shape index (κ3) is 3.36. The van der Waals surface area contributed by atoms with Gasteiger partial charge in [0.1, 0.15) is 5.82 Å². The zero-order valence-electron chi connectivity index (χ0n) is 15.8. The second-order valence-electron chi connectivity index (χ2n) is 6.71. The number of aromatic nitrogens is 3. The van der Waals surface area contributed by atoms with Crippen molar-refractivity contribution in [2.75, 3.05) is 17.7 Å². The zero-order valence-corrected chi connectivity index (χ0v) is 15.8. The summed E-state index contributed by atoms with van der Waals surface area (Å²) in [6.07, 6.45) is 1.86. The molecule has 0 aliphatic rings. The summed E-state index contributed by atoms with van der Waals surface area (Å²) in [7, 11) is 1.93. The van der Waals surface area contributed by atoms with Crippen molar-refractivity contribution in [3.05, 3.63) is 77.5 Å². The van der Waals surface area contributed by atoms with Crippen molar-refractivity contribution < 1.29 is 0 Å². The van der Waals surface area contributed by atoms with Crippen LogP contribution in [-0.2, 0) is 6.54 Å². The minimum Gasteiger partial charge on any atom is -0.388 e. The maximum atomic E-state index is 4.86. The number of nitrogens with one attached hydrogen (secondary N) is 2. The Kier molecular flexibility index (Phi) is 4.50. The first kappa shape index (κ1) is 17.1. The summed E-state index contributed by atoms with van der Waals surface area (Å²) in [5.74, 6) is 0.932. The Bertz CT molecular complexity index is 1100. The number of rotatable bonds is 5. The van der Waals surface area contributed by atoms with Crippen LogP contribution in [0.15, 0.2) is 60.8 Å². The fourth-order valence-electron chi connectivity index (χ4n) is 3.23. The molecule has 0 amide bonds. The van der Waals surface area contributed by atoms with Crippen LogP contribution in [0.1, 0.15) is 16.7 Å². The second kappa shape index (κ2) is 7.11. The number of anilines is 2. The standard InChI is InChI=1S/C22H23N5/c1-15-7-4-5-10-19(15)20-12-21(27-22(26-20)16(2)13-25-27)24-14-17-8-6-9-18(11-17)23-3/h4-13,23-24H,14H2,1-3H3. The van der Waals surface area contributed by atoms with Gasteiger partial charge in [-0.2, -0.15) is 9.61 Å². The lowest BCUT2D eigenvalue weighted by atomic mass is 10.1. The minimum atomic E-state index is 0.709. The lowest BCUT2D eigenvalue weighted by molar-refractivity contribution is 0.926. The summed E-state index contributed by atoms with van der Waals surface area (Å²) >= 11 is 0. The number of hydrogen-bond acceptors (Lipinski definition) is 4. The Balaban J connectivity index is 1.74. The molecule has 0 spiro atoms. The molecule has 2 heterocycles. The van der Waals surface area contributed by atoms with E-state index in [4.69, 9.17) is 4.98 Å². The van der Waals surface area contributed by atoms with E-state index in [0.717, 1.165) is 34.0 Å². The van der Waals surface area contributed by atoms with Crippen molar-refractivity contribution in [3.8, 4) is 11.3 Å². The molecule has 0 saturated carbocycles. The molecule has 2 aromatic carbocycles. The van der Waals surface area contributed by atoms with Crippen LogP contribution in [0, 0.1) is 13.8 Å². The van der Waals surface area contributed by atoms with Gasteiger partial charge < -0.3 is 10.6 Å². The SMILES string of the molecule is CNc1cccc(CNc2cc(-c3ccccc3C)nc3c(C)cnn23)c1. The first-order valence-electron chi connectivity index (χ1n) is 9.07. The molecule has 0 atom stereocenters. The number of benzene rings is 2. The Morgan fingerprint density at radius 2 is 1.81 bits per heavy atom. The molecule has 136 valence electrons. The van der Waals surface area contributed by atoms with Crippen molar-refractivity contribution >= 4 is 17.2 Å². The molecule has 0 aliphatic heterocycles. The van der Waals surface area contributed by atoms with Crippen molar-refractivity contribution in [1.82, 2.24) is 14.6 Å². The van der Waals surface area contributed by atoms with Crippen LogP contribution in [0.2, 0.25) is 0 Å². The van der Waals surface area contributed by atoms with Crippen LogP contribution in [0.5, 0.6) is 0 Å². The van der Waals surface area contributed by atoms with E-state index in [-0.39, 0.29) is 0 Å². The molecule has 2 aromatic heterocycles. The average molecular weight is 357 g/mol. The van der Waals surface area contributed by atoms with E-state index < -0.39 is 0 Å². The summed E-state index contributed by atoms with van der Waals surface area (Å²) in [4.78, 5) is 4.86. The molecule has 2 N–H and O–H groups in total. The molecule has 5 heteroatoms. The van der Waals surface area contributed by atoms with Crippen molar-refractivity contribution in [2.24, 2.45) is 0 Å². The molecule has 0 bridgehead atoms. The Hall–Kier alpha value is -3.34. The minimum absolute atomic E-state index is 0.709. The van der Waals surface area contributed by atoms with E-state index in [1.165, 1.54) is 11.1 Å². The first-order chi connectivity index (χ1) is 13.2. The van der Waals surface area contributed by atoms with Crippen molar-refractivity contribution in [3.63, 3.8) is 0 Å². The number of aryl methyl sites for hydroxylation is 2. The van der Waals surface area contributed by atoms with Crippen LogP contribution in [0.3, 0.4) is 0 Å². The monoisotopic (exact) mass is 357 g/mol. The number of nitrogens with zero attached hydrogens (tertiary/aromatic N) is 3.